The lowest BCUT2D eigenvalue weighted by molar-refractivity contribution is 0.680. The number of aryl methyl sites for hydroxylation is 1. The summed E-state index contributed by atoms with van der Waals surface area (Å²) in [6.45, 7) is 1.96. The van der Waals surface area contributed by atoms with E-state index in [2.05, 4.69) is 11.2 Å². The maximum atomic E-state index is 12.9. The Morgan fingerprint density at radius 1 is 1.11 bits per heavy atom. The summed E-state index contributed by atoms with van der Waals surface area (Å²) in [6.07, 6.45) is 0. The molecule has 0 heterocycles. The molecule has 18 heavy (non-hydrogen) atoms. The van der Waals surface area contributed by atoms with Crippen molar-refractivity contribution in [1.82, 2.24) is 0 Å². The highest BCUT2D eigenvalue weighted by atomic mass is 32.2. The van der Waals surface area contributed by atoms with E-state index in [0.29, 0.717) is 0 Å². The standard InChI is InChI=1S/C15H17NOS/c1-12-11-13(16-2)9-10-15(12)18(3,17)14-7-5-4-6-8-14/h4-11,16H,3H2,1-2H3. The number of hydrogen-bond donors (Lipinski definition) is 1. The fraction of sp³-hybridized carbons (Fsp3) is 0.133. The second kappa shape index (κ2) is 4.86. The molecule has 94 valence electrons. The fourth-order valence-corrected chi connectivity index (χ4v) is 3.66. The van der Waals surface area contributed by atoms with Gasteiger partial charge in [-0.05, 0) is 48.7 Å². The first-order valence-electron chi connectivity index (χ1n) is 5.76. The summed E-state index contributed by atoms with van der Waals surface area (Å²) in [5.74, 6) is 3.93. The van der Waals surface area contributed by atoms with Crippen LogP contribution in [0.4, 0.5) is 5.69 Å². The van der Waals surface area contributed by atoms with Crippen molar-refractivity contribution in [2.75, 3.05) is 12.4 Å². The van der Waals surface area contributed by atoms with E-state index in [0.717, 1.165) is 21.0 Å². The fourth-order valence-electron chi connectivity index (χ4n) is 1.94. The Balaban J connectivity index is 2.55. The molecule has 0 amide bonds. The third-order valence-corrected chi connectivity index (χ3v) is 5.14. The zero-order chi connectivity index (χ0) is 13.2. The molecule has 0 aliphatic heterocycles. The van der Waals surface area contributed by atoms with Crippen LogP contribution in [0.25, 0.3) is 0 Å². The van der Waals surface area contributed by atoms with E-state index in [1.807, 2.05) is 62.5 Å². The van der Waals surface area contributed by atoms with Gasteiger partial charge in [0.05, 0.1) is 0 Å². The summed E-state index contributed by atoms with van der Waals surface area (Å²) < 4.78 is 12.9. The molecular formula is C15H17NOS. The topological polar surface area (TPSA) is 29.1 Å². The quantitative estimate of drug-likeness (QED) is 0.858. The van der Waals surface area contributed by atoms with E-state index >= 15 is 0 Å². The van der Waals surface area contributed by atoms with Crippen LogP contribution in [0, 0.1) is 6.92 Å². The number of rotatable bonds is 3. The number of benzene rings is 2. The van der Waals surface area contributed by atoms with Crippen LogP contribution >= 0.6 is 0 Å². The van der Waals surface area contributed by atoms with E-state index in [-0.39, 0.29) is 0 Å². The molecule has 2 rings (SSSR count). The molecule has 3 heteroatoms. The Kier molecular flexibility index (Phi) is 3.43. The average Bonchev–Trinajstić information content (AvgIpc) is 2.39. The van der Waals surface area contributed by atoms with Crippen LogP contribution in [-0.4, -0.2) is 17.1 Å². The van der Waals surface area contributed by atoms with Crippen molar-refractivity contribution < 1.29 is 4.21 Å². The zero-order valence-corrected chi connectivity index (χ0v) is 11.5. The first-order valence-corrected chi connectivity index (χ1v) is 7.49. The Hall–Kier alpha value is -1.74. The van der Waals surface area contributed by atoms with Crippen molar-refractivity contribution in [3.05, 3.63) is 54.1 Å². The second-order valence-electron chi connectivity index (χ2n) is 4.22. The number of nitrogens with one attached hydrogen (secondary N) is 1. The molecule has 0 bridgehead atoms. The number of hydrogen-bond acceptors (Lipinski definition) is 2. The zero-order valence-electron chi connectivity index (χ0n) is 10.6. The van der Waals surface area contributed by atoms with Crippen LogP contribution in [0.5, 0.6) is 0 Å². The Bertz CT molecular complexity index is 645. The van der Waals surface area contributed by atoms with Crippen LogP contribution in [0.15, 0.2) is 58.3 Å². The van der Waals surface area contributed by atoms with Gasteiger partial charge in [-0.2, -0.15) is 0 Å². The van der Waals surface area contributed by atoms with E-state index in [1.54, 1.807) is 0 Å². The lowest BCUT2D eigenvalue weighted by atomic mass is 10.2. The van der Waals surface area contributed by atoms with Gasteiger partial charge in [0.15, 0.2) is 0 Å². The Morgan fingerprint density at radius 2 is 1.78 bits per heavy atom. The lowest BCUT2D eigenvalue weighted by Gasteiger charge is -2.13. The second-order valence-corrected chi connectivity index (χ2v) is 6.48. The van der Waals surface area contributed by atoms with Gasteiger partial charge in [-0.15, -0.1) is 0 Å². The van der Waals surface area contributed by atoms with Gasteiger partial charge in [-0.25, -0.2) is 0 Å². The van der Waals surface area contributed by atoms with Crippen molar-refractivity contribution in [2.45, 2.75) is 16.7 Å². The van der Waals surface area contributed by atoms with Gasteiger partial charge in [0.1, 0.15) is 0 Å². The van der Waals surface area contributed by atoms with Crippen LogP contribution < -0.4 is 5.32 Å². The summed E-state index contributed by atoms with van der Waals surface area (Å²) in [7, 11) is -0.554. The average molecular weight is 259 g/mol. The third-order valence-electron chi connectivity index (χ3n) is 2.94. The SMILES string of the molecule is C=S(=O)(c1ccccc1)c1ccc(NC)cc1C. The number of anilines is 1. The molecule has 2 aromatic carbocycles. The molecule has 0 aromatic heterocycles. The summed E-state index contributed by atoms with van der Waals surface area (Å²) in [5.41, 5.74) is 2.00. The Labute approximate surface area is 109 Å². The van der Waals surface area contributed by atoms with Crippen molar-refractivity contribution >= 4 is 21.1 Å². The van der Waals surface area contributed by atoms with E-state index in [1.165, 1.54) is 0 Å². The third kappa shape index (κ3) is 2.27. The van der Waals surface area contributed by atoms with Gasteiger partial charge in [-0.1, -0.05) is 18.2 Å². The van der Waals surface area contributed by atoms with Gasteiger partial charge >= 0.3 is 0 Å². The molecule has 1 N–H and O–H groups in total. The highest BCUT2D eigenvalue weighted by Crippen LogP contribution is 2.25. The summed E-state index contributed by atoms with van der Waals surface area (Å²) >= 11 is 0. The van der Waals surface area contributed by atoms with E-state index in [4.69, 9.17) is 0 Å². The minimum atomic E-state index is -2.42. The van der Waals surface area contributed by atoms with Crippen molar-refractivity contribution in [1.29, 1.82) is 0 Å². The molecule has 0 spiro atoms. The predicted octanol–water partition coefficient (Wildman–Crippen LogP) is 3.17. The summed E-state index contributed by atoms with van der Waals surface area (Å²) in [5, 5.41) is 3.07. The molecular weight excluding hydrogens is 242 g/mol. The first kappa shape index (κ1) is 12.7. The molecule has 0 saturated heterocycles. The first-order chi connectivity index (χ1) is 8.55. The van der Waals surface area contributed by atoms with Gasteiger partial charge < -0.3 is 5.32 Å². The highest BCUT2D eigenvalue weighted by Gasteiger charge is 2.13. The molecule has 0 aliphatic carbocycles. The predicted molar refractivity (Wildman–Crippen MR) is 79.0 cm³/mol. The minimum Gasteiger partial charge on any atom is -0.388 e. The van der Waals surface area contributed by atoms with Crippen LogP contribution in [0.3, 0.4) is 0 Å². The van der Waals surface area contributed by atoms with Gasteiger partial charge in [0, 0.05) is 32.0 Å². The molecule has 0 radical (unpaired) electrons. The molecule has 0 aliphatic rings. The maximum Gasteiger partial charge on any atom is 0.0381 e. The van der Waals surface area contributed by atoms with Crippen LogP contribution in [0.1, 0.15) is 5.56 Å². The van der Waals surface area contributed by atoms with E-state index in [9.17, 15) is 4.21 Å². The summed E-state index contributed by atoms with van der Waals surface area (Å²) in [4.78, 5) is 1.57. The van der Waals surface area contributed by atoms with E-state index < -0.39 is 9.52 Å². The van der Waals surface area contributed by atoms with Gasteiger partial charge in [0.2, 0.25) is 0 Å². The molecule has 1 atom stereocenters. The molecule has 2 aromatic rings. The Morgan fingerprint density at radius 3 is 2.33 bits per heavy atom. The van der Waals surface area contributed by atoms with Crippen LogP contribution in [-0.2, 0) is 9.52 Å². The lowest BCUT2D eigenvalue weighted by Crippen LogP contribution is -2.04. The summed E-state index contributed by atoms with van der Waals surface area (Å²) in [6, 6.07) is 15.2. The largest absolute Gasteiger partial charge is 0.388 e. The van der Waals surface area contributed by atoms with Crippen molar-refractivity contribution in [3.63, 3.8) is 0 Å². The smallest absolute Gasteiger partial charge is 0.0381 e. The maximum absolute atomic E-state index is 12.9. The van der Waals surface area contributed by atoms with Crippen molar-refractivity contribution in [2.24, 2.45) is 0 Å². The molecule has 0 fully saturated rings. The van der Waals surface area contributed by atoms with Gasteiger partial charge in [0.25, 0.3) is 0 Å². The molecule has 0 saturated carbocycles. The highest BCUT2D eigenvalue weighted by molar-refractivity contribution is 8.00. The molecule has 2 nitrogen and oxygen atoms in total. The van der Waals surface area contributed by atoms with Crippen molar-refractivity contribution in [3.8, 4) is 0 Å². The monoisotopic (exact) mass is 259 g/mol. The van der Waals surface area contributed by atoms with Crippen LogP contribution in [0.2, 0.25) is 0 Å². The molecule has 1 unspecified atom stereocenters. The minimum absolute atomic E-state index is 0.769. The normalized spacial score (nSPS) is 13.9. The van der Waals surface area contributed by atoms with Gasteiger partial charge in [-0.3, -0.25) is 4.21 Å².